The molecule has 0 radical (unpaired) electrons. The van der Waals surface area contributed by atoms with E-state index < -0.39 is 0 Å². The second-order valence-electron chi connectivity index (χ2n) is 5.20. The molecule has 0 aromatic heterocycles. The normalized spacial score (nSPS) is 11.2. The number of hydrogen-bond donors (Lipinski definition) is 0. The molecule has 0 heterocycles. The maximum atomic E-state index is 11.4. The summed E-state index contributed by atoms with van der Waals surface area (Å²) in [4.78, 5) is 11.4. The molecule has 0 amide bonds. The van der Waals surface area contributed by atoms with Gasteiger partial charge in [0.2, 0.25) is 0 Å². The van der Waals surface area contributed by atoms with Crippen LogP contribution in [0.5, 0.6) is 0 Å². The topological polar surface area (TPSA) is 35.5 Å². The first kappa shape index (κ1) is 13.7. The third-order valence-electron chi connectivity index (χ3n) is 2.00. The maximum Gasteiger partial charge on any atom is 0.332 e. The van der Waals surface area contributed by atoms with Crippen molar-refractivity contribution in [2.75, 3.05) is 13.2 Å². The summed E-state index contributed by atoms with van der Waals surface area (Å²) in [6.45, 7) is 7.04. The van der Waals surface area contributed by atoms with Crippen molar-refractivity contribution in [3.05, 3.63) is 35.9 Å². The molecule has 1 aromatic carbocycles. The van der Waals surface area contributed by atoms with Crippen LogP contribution in [0.25, 0.3) is 0 Å². The molecule has 0 unspecified atom stereocenters. The van der Waals surface area contributed by atoms with Gasteiger partial charge in [0.15, 0.2) is 0 Å². The second-order valence-corrected chi connectivity index (χ2v) is 5.20. The molecule has 94 valence electrons. The fourth-order valence-electron chi connectivity index (χ4n) is 1.22. The average Bonchev–Trinajstić information content (AvgIpc) is 2.26. The van der Waals surface area contributed by atoms with Crippen LogP contribution in [0.15, 0.2) is 30.3 Å². The van der Waals surface area contributed by atoms with Crippen molar-refractivity contribution in [3.63, 3.8) is 0 Å². The van der Waals surface area contributed by atoms with E-state index in [1.54, 1.807) is 0 Å². The van der Waals surface area contributed by atoms with Crippen molar-refractivity contribution in [1.82, 2.24) is 0 Å². The van der Waals surface area contributed by atoms with E-state index in [1.165, 1.54) is 0 Å². The van der Waals surface area contributed by atoms with Crippen molar-refractivity contribution < 1.29 is 14.3 Å². The fraction of sp³-hybridized carbons (Fsp3) is 0.500. The van der Waals surface area contributed by atoms with Crippen LogP contribution in [0.4, 0.5) is 0 Å². The highest BCUT2D eigenvalue weighted by Crippen LogP contribution is 2.12. The van der Waals surface area contributed by atoms with Crippen LogP contribution in [0.2, 0.25) is 0 Å². The summed E-state index contributed by atoms with van der Waals surface area (Å²) in [6, 6.07) is 9.60. The van der Waals surface area contributed by atoms with Gasteiger partial charge >= 0.3 is 5.97 Å². The van der Waals surface area contributed by atoms with Crippen LogP contribution in [0.3, 0.4) is 0 Å². The molecule has 0 saturated carbocycles. The highest BCUT2D eigenvalue weighted by molar-refractivity contribution is 5.70. The van der Waals surface area contributed by atoms with Crippen molar-refractivity contribution in [1.29, 1.82) is 0 Å². The molecule has 3 heteroatoms. The van der Waals surface area contributed by atoms with Crippen molar-refractivity contribution in [2.24, 2.45) is 5.41 Å². The Kier molecular flexibility index (Phi) is 5.16. The lowest BCUT2D eigenvalue weighted by Crippen LogP contribution is -2.19. The number of ether oxygens (including phenoxy) is 2. The molecule has 3 nitrogen and oxygen atoms in total. The Hall–Kier alpha value is -1.35. The number of rotatable bonds is 5. The molecule has 0 spiro atoms. The Bertz CT molecular complexity index is 338. The number of benzene rings is 1. The minimum absolute atomic E-state index is 0.0180. The molecule has 1 aromatic rings. The zero-order valence-corrected chi connectivity index (χ0v) is 10.7. The van der Waals surface area contributed by atoms with Gasteiger partial charge in [-0.15, -0.1) is 0 Å². The predicted octanol–water partition coefficient (Wildman–Crippen LogP) is 2.79. The minimum Gasteiger partial charge on any atom is -0.459 e. The van der Waals surface area contributed by atoms with Gasteiger partial charge in [-0.1, -0.05) is 51.1 Å². The molecule has 0 aliphatic carbocycles. The molecular weight excluding hydrogens is 216 g/mol. The van der Waals surface area contributed by atoms with Gasteiger partial charge < -0.3 is 9.47 Å². The van der Waals surface area contributed by atoms with Crippen molar-refractivity contribution >= 4 is 5.97 Å². The first-order chi connectivity index (χ1) is 7.97. The summed E-state index contributed by atoms with van der Waals surface area (Å²) in [6.07, 6.45) is 0. The third-order valence-corrected chi connectivity index (χ3v) is 2.00. The predicted molar refractivity (Wildman–Crippen MR) is 66.5 cm³/mol. The summed E-state index contributed by atoms with van der Waals surface area (Å²) in [7, 11) is 0. The lowest BCUT2D eigenvalue weighted by molar-refractivity contribution is -0.151. The van der Waals surface area contributed by atoms with E-state index in [4.69, 9.17) is 9.47 Å². The molecule has 0 saturated heterocycles. The van der Waals surface area contributed by atoms with E-state index in [9.17, 15) is 4.79 Å². The molecule has 0 aliphatic rings. The summed E-state index contributed by atoms with van der Waals surface area (Å²) >= 11 is 0. The number of carbonyl (C=O) groups is 1. The minimum atomic E-state index is -0.321. The maximum absolute atomic E-state index is 11.4. The van der Waals surface area contributed by atoms with E-state index in [-0.39, 0.29) is 18.0 Å². The van der Waals surface area contributed by atoms with Crippen LogP contribution in [-0.2, 0) is 20.9 Å². The molecular formula is C14H20O3. The SMILES string of the molecule is CC(C)(C)COCC(=O)OCc1ccccc1. The molecule has 0 aliphatic heterocycles. The Morgan fingerprint density at radius 2 is 1.82 bits per heavy atom. The fourth-order valence-corrected chi connectivity index (χ4v) is 1.22. The van der Waals surface area contributed by atoms with Crippen molar-refractivity contribution in [2.45, 2.75) is 27.4 Å². The lowest BCUT2D eigenvalue weighted by Gasteiger charge is -2.17. The standard InChI is InChI=1S/C14H20O3/c1-14(2,3)11-16-10-13(15)17-9-12-7-5-4-6-8-12/h4-8H,9-11H2,1-3H3. The van der Waals surface area contributed by atoms with Crippen LogP contribution in [0.1, 0.15) is 26.3 Å². The Labute approximate surface area is 103 Å². The first-order valence-corrected chi connectivity index (χ1v) is 5.75. The van der Waals surface area contributed by atoms with E-state index in [2.05, 4.69) is 20.8 Å². The van der Waals surface area contributed by atoms with E-state index >= 15 is 0 Å². The highest BCUT2D eigenvalue weighted by Gasteiger charge is 2.11. The summed E-state index contributed by atoms with van der Waals surface area (Å²) in [5.74, 6) is -0.321. The van der Waals surface area contributed by atoms with Crippen LogP contribution >= 0.6 is 0 Å². The number of carbonyl (C=O) groups excluding carboxylic acids is 1. The highest BCUT2D eigenvalue weighted by atomic mass is 16.6. The average molecular weight is 236 g/mol. The molecule has 1 rings (SSSR count). The van der Waals surface area contributed by atoms with Gasteiger partial charge in [-0.3, -0.25) is 0 Å². The molecule has 0 atom stereocenters. The summed E-state index contributed by atoms with van der Waals surface area (Å²) in [5.41, 5.74) is 1.05. The van der Waals surface area contributed by atoms with Crippen molar-refractivity contribution in [3.8, 4) is 0 Å². The van der Waals surface area contributed by atoms with Gasteiger partial charge in [0.05, 0.1) is 6.61 Å². The summed E-state index contributed by atoms with van der Waals surface area (Å²) in [5, 5.41) is 0. The molecule has 0 fully saturated rings. The Balaban J connectivity index is 2.18. The van der Waals surface area contributed by atoms with Gasteiger partial charge in [-0.2, -0.15) is 0 Å². The first-order valence-electron chi connectivity index (χ1n) is 5.75. The van der Waals surface area contributed by atoms with E-state index in [0.717, 1.165) is 5.56 Å². The number of esters is 1. The number of hydrogen-bond acceptors (Lipinski definition) is 3. The van der Waals surface area contributed by atoms with Crippen LogP contribution in [-0.4, -0.2) is 19.2 Å². The molecule has 17 heavy (non-hydrogen) atoms. The van der Waals surface area contributed by atoms with Gasteiger partial charge in [-0.05, 0) is 11.0 Å². The largest absolute Gasteiger partial charge is 0.459 e. The van der Waals surface area contributed by atoms with E-state index in [0.29, 0.717) is 13.2 Å². The molecule has 0 bridgehead atoms. The lowest BCUT2D eigenvalue weighted by atomic mass is 9.99. The zero-order valence-electron chi connectivity index (χ0n) is 10.7. The quantitative estimate of drug-likeness (QED) is 0.737. The van der Waals surface area contributed by atoms with Crippen LogP contribution in [0, 0.1) is 5.41 Å². The smallest absolute Gasteiger partial charge is 0.332 e. The second kappa shape index (κ2) is 6.40. The Morgan fingerprint density at radius 3 is 2.41 bits per heavy atom. The zero-order chi connectivity index (χ0) is 12.7. The third kappa shape index (κ3) is 6.74. The summed E-state index contributed by atoms with van der Waals surface area (Å²) < 4.78 is 10.4. The molecule has 0 N–H and O–H groups in total. The van der Waals surface area contributed by atoms with Gasteiger partial charge in [-0.25, -0.2) is 4.79 Å². The van der Waals surface area contributed by atoms with Gasteiger partial charge in [0.1, 0.15) is 13.2 Å². The van der Waals surface area contributed by atoms with Crippen LogP contribution < -0.4 is 0 Å². The van der Waals surface area contributed by atoms with Gasteiger partial charge in [0.25, 0.3) is 0 Å². The van der Waals surface area contributed by atoms with E-state index in [1.807, 2.05) is 30.3 Å². The Morgan fingerprint density at radius 1 is 1.18 bits per heavy atom. The van der Waals surface area contributed by atoms with Gasteiger partial charge in [0, 0.05) is 0 Å². The monoisotopic (exact) mass is 236 g/mol.